The number of aryl methyl sites for hydroxylation is 1. The predicted molar refractivity (Wildman–Crippen MR) is 62.0 cm³/mol. The Morgan fingerprint density at radius 3 is 3.06 bits per heavy atom. The molecule has 0 N–H and O–H groups in total. The van der Waals surface area contributed by atoms with Crippen molar-refractivity contribution in [3.8, 4) is 0 Å². The third-order valence-corrected chi connectivity index (χ3v) is 2.51. The van der Waals surface area contributed by atoms with Crippen LogP contribution in [-0.2, 0) is 17.9 Å². The summed E-state index contributed by atoms with van der Waals surface area (Å²) in [5.74, 6) is 0.872. The van der Waals surface area contributed by atoms with Crippen LogP contribution in [0, 0.1) is 0 Å². The fourth-order valence-electron chi connectivity index (χ4n) is 1.56. The van der Waals surface area contributed by atoms with E-state index in [1.165, 1.54) is 0 Å². The van der Waals surface area contributed by atoms with Crippen molar-refractivity contribution in [1.29, 1.82) is 0 Å². The molecule has 0 aromatic carbocycles. The Bertz CT molecular complexity index is 448. The SMILES string of the molecule is CN(Cc1ccco1)C(=O)CCn1cccn1. The maximum Gasteiger partial charge on any atom is 0.224 e. The lowest BCUT2D eigenvalue weighted by molar-refractivity contribution is -0.130. The summed E-state index contributed by atoms with van der Waals surface area (Å²) in [7, 11) is 1.77. The van der Waals surface area contributed by atoms with Crippen molar-refractivity contribution in [3.05, 3.63) is 42.6 Å². The molecule has 90 valence electrons. The van der Waals surface area contributed by atoms with E-state index in [-0.39, 0.29) is 5.91 Å². The van der Waals surface area contributed by atoms with Crippen LogP contribution in [0.5, 0.6) is 0 Å². The van der Waals surface area contributed by atoms with E-state index in [0.29, 0.717) is 19.5 Å². The van der Waals surface area contributed by atoms with Crippen LogP contribution in [0.1, 0.15) is 12.2 Å². The number of rotatable bonds is 5. The molecule has 2 aromatic heterocycles. The van der Waals surface area contributed by atoms with Crippen LogP contribution in [0.15, 0.2) is 41.3 Å². The number of hydrogen-bond acceptors (Lipinski definition) is 3. The van der Waals surface area contributed by atoms with Gasteiger partial charge in [0.05, 0.1) is 12.8 Å². The van der Waals surface area contributed by atoms with E-state index in [1.807, 2.05) is 24.4 Å². The van der Waals surface area contributed by atoms with Gasteiger partial charge in [-0.1, -0.05) is 0 Å². The lowest BCUT2D eigenvalue weighted by atomic mass is 10.3. The maximum absolute atomic E-state index is 11.8. The molecule has 2 aromatic rings. The number of furan rings is 1. The van der Waals surface area contributed by atoms with E-state index in [2.05, 4.69) is 5.10 Å². The Balaban J connectivity index is 1.79. The first-order chi connectivity index (χ1) is 8.25. The first-order valence-electron chi connectivity index (χ1n) is 5.49. The molecule has 5 nitrogen and oxygen atoms in total. The zero-order chi connectivity index (χ0) is 12.1. The van der Waals surface area contributed by atoms with Crippen molar-refractivity contribution >= 4 is 5.91 Å². The Morgan fingerprint density at radius 2 is 2.41 bits per heavy atom. The molecule has 17 heavy (non-hydrogen) atoms. The summed E-state index contributed by atoms with van der Waals surface area (Å²) in [4.78, 5) is 13.5. The smallest absolute Gasteiger partial charge is 0.224 e. The molecule has 2 heterocycles. The highest BCUT2D eigenvalue weighted by molar-refractivity contribution is 5.75. The first kappa shape index (κ1) is 11.4. The topological polar surface area (TPSA) is 51.3 Å². The summed E-state index contributed by atoms with van der Waals surface area (Å²) in [6.07, 6.45) is 5.60. The number of amides is 1. The van der Waals surface area contributed by atoms with Crippen molar-refractivity contribution in [2.45, 2.75) is 19.5 Å². The van der Waals surface area contributed by atoms with Crippen molar-refractivity contribution in [2.24, 2.45) is 0 Å². The summed E-state index contributed by atoms with van der Waals surface area (Å²) in [6, 6.07) is 5.52. The minimum Gasteiger partial charge on any atom is -0.467 e. The van der Waals surface area contributed by atoms with Crippen LogP contribution >= 0.6 is 0 Å². The Labute approximate surface area is 99.6 Å². The second-order valence-electron chi connectivity index (χ2n) is 3.85. The molecule has 0 saturated carbocycles. The van der Waals surface area contributed by atoms with Gasteiger partial charge in [-0.15, -0.1) is 0 Å². The highest BCUT2D eigenvalue weighted by Crippen LogP contribution is 2.05. The van der Waals surface area contributed by atoms with E-state index < -0.39 is 0 Å². The summed E-state index contributed by atoms with van der Waals surface area (Å²) < 4.78 is 6.94. The molecule has 0 saturated heterocycles. The molecule has 0 aliphatic heterocycles. The number of carbonyl (C=O) groups excluding carboxylic acids is 1. The molecule has 0 aliphatic rings. The zero-order valence-electron chi connectivity index (χ0n) is 9.74. The largest absolute Gasteiger partial charge is 0.467 e. The molecule has 0 spiro atoms. The molecule has 5 heteroatoms. The summed E-state index contributed by atoms with van der Waals surface area (Å²) >= 11 is 0. The lowest BCUT2D eigenvalue weighted by Gasteiger charge is -2.15. The van der Waals surface area contributed by atoms with Gasteiger partial charge in [-0.2, -0.15) is 5.10 Å². The van der Waals surface area contributed by atoms with Crippen molar-refractivity contribution in [3.63, 3.8) is 0 Å². The predicted octanol–water partition coefficient (Wildman–Crippen LogP) is 1.52. The molecule has 0 fully saturated rings. The molecule has 2 rings (SSSR count). The average molecular weight is 233 g/mol. The fourth-order valence-corrected chi connectivity index (χ4v) is 1.56. The average Bonchev–Trinajstić information content (AvgIpc) is 2.98. The molecule has 0 bridgehead atoms. The minimum atomic E-state index is 0.0805. The van der Waals surface area contributed by atoms with Crippen molar-refractivity contribution in [2.75, 3.05) is 7.05 Å². The second-order valence-corrected chi connectivity index (χ2v) is 3.85. The summed E-state index contributed by atoms with van der Waals surface area (Å²) in [5, 5.41) is 4.05. The molecular formula is C12H15N3O2. The van der Waals surface area contributed by atoms with Crippen LogP contribution in [0.3, 0.4) is 0 Å². The molecule has 0 radical (unpaired) electrons. The van der Waals surface area contributed by atoms with Crippen molar-refractivity contribution in [1.82, 2.24) is 14.7 Å². The maximum atomic E-state index is 11.8. The van der Waals surface area contributed by atoms with Crippen LogP contribution < -0.4 is 0 Å². The van der Waals surface area contributed by atoms with Crippen LogP contribution in [0.4, 0.5) is 0 Å². The lowest BCUT2D eigenvalue weighted by Crippen LogP contribution is -2.26. The van der Waals surface area contributed by atoms with E-state index in [4.69, 9.17) is 4.42 Å². The Morgan fingerprint density at radius 1 is 1.53 bits per heavy atom. The van der Waals surface area contributed by atoms with E-state index in [0.717, 1.165) is 5.76 Å². The van der Waals surface area contributed by atoms with Gasteiger partial charge in [0.25, 0.3) is 0 Å². The second kappa shape index (κ2) is 5.34. The number of aromatic nitrogens is 2. The minimum absolute atomic E-state index is 0.0805. The van der Waals surface area contributed by atoms with Gasteiger partial charge >= 0.3 is 0 Å². The van der Waals surface area contributed by atoms with Gasteiger partial charge in [0.2, 0.25) is 5.91 Å². The van der Waals surface area contributed by atoms with Gasteiger partial charge in [0.1, 0.15) is 5.76 Å². The van der Waals surface area contributed by atoms with Gasteiger partial charge in [-0.25, -0.2) is 0 Å². The van der Waals surface area contributed by atoms with Gasteiger partial charge in [0, 0.05) is 32.4 Å². The molecule has 0 atom stereocenters. The number of nitrogens with zero attached hydrogens (tertiary/aromatic N) is 3. The molecule has 0 unspecified atom stereocenters. The highest BCUT2D eigenvalue weighted by atomic mass is 16.3. The van der Waals surface area contributed by atoms with Gasteiger partial charge in [0.15, 0.2) is 0 Å². The first-order valence-corrected chi connectivity index (χ1v) is 5.49. The van der Waals surface area contributed by atoms with E-state index in [9.17, 15) is 4.79 Å². The monoisotopic (exact) mass is 233 g/mol. The van der Waals surface area contributed by atoms with Gasteiger partial charge in [-0.3, -0.25) is 9.48 Å². The van der Waals surface area contributed by atoms with Gasteiger partial charge in [-0.05, 0) is 18.2 Å². The molecular weight excluding hydrogens is 218 g/mol. The van der Waals surface area contributed by atoms with Crippen LogP contribution in [0.2, 0.25) is 0 Å². The quantitative estimate of drug-likeness (QED) is 0.786. The van der Waals surface area contributed by atoms with Gasteiger partial charge < -0.3 is 9.32 Å². The number of carbonyl (C=O) groups is 1. The highest BCUT2D eigenvalue weighted by Gasteiger charge is 2.10. The third kappa shape index (κ3) is 3.21. The van der Waals surface area contributed by atoms with Crippen molar-refractivity contribution < 1.29 is 9.21 Å². The Hall–Kier alpha value is -2.04. The standard InChI is InChI=1S/C12H15N3O2/c1-14(10-11-4-2-9-17-11)12(16)5-8-15-7-3-6-13-15/h2-4,6-7,9H,5,8,10H2,1H3. The molecule has 0 aliphatic carbocycles. The van der Waals surface area contributed by atoms with E-state index in [1.54, 1.807) is 29.1 Å². The zero-order valence-corrected chi connectivity index (χ0v) is 9.74. The number of hydrogen-bond donors (Lipinski definition) is 0. The van der Waals surface area contributed by atoms with E-state index >= 15 is 0 Å². The third-order valence-electron chi connectivity index (χ3n) is 2.51. The normalized spacial score (nSPS) is 10.4. The van der Waals surface area contributed by atoms with Crippen LogP contribution in [0.25, 0.3) is 0 Å². The molecule has 1 amide bonds. The Kier molecular flexibility index (Phi) is 3.59. The summed E-state index contributed by atoms with van der Waals surface area (Å²) in [6.45, 7) is 1.11. The summed E-state index contributed by atoms with van der Waals surface area (Å²) in [5.41, 5.74) is 0. The van der Waals surface area contributed by atoms with Crippen LogP contribution in [-0.4, -0.2) is 27.6 Å². The fraction of sp³-hybridized carbons (Fsp3) is 0.333.